The highest BCUT2D eigenvalue weighted by Gasteiger charge is 2.74. The summed E-state index contributed by atoms with van der Waals surface area (Å²) in [5.41, 5.74) is -6.07. The standard InChI is InChI=1S/C16H14F7N3O2/c17-12-5-10(28-7-15(18,19)20)1-2-11(12)14(27,6-26-9-24-8-25-26)13(3-4-13)16(21,22)23/h1-2,5,8-9,27H,3-4,6-7H2. The molecule has 1 fully saturated rings. The quantitative estimate of drug-likeness (QED) is 0.736. The van der Waals surface area contributed by atoms with Gasteiger partial charge < -0.3 is 9.84 Å². The summed E-state index contributed by atoms with van der Waals surface area (Å²) in [6.07, 6.45) is -8.29. The summed E-state index contributed by atoms with van der Waals surface area (Å²) in [5, 5.41) is 14.7. The zero-order valence-corrected chi connectivity index (χ0v) is 14.1. The van der Waals surface area contributed by atoms with Crippen molar-refractivity contribution in [2.75, 3.05) is 6.61 Å². The number of benzene rings is 1. The first-order valence-corrected chi connectivity index (χ1v) is 7.99. The molecule has 0 radical (unpaired) electrons. The molecule has 0 bridgehead atoms. The van der Waals surface area contributed by atoms with Gasteiger partial charge in [-0.15, -0.1) is 0 Å². The van der Waals surface area contributed by atoms with Crippen molar-refractivity contribution in [3.05, 3.63) is 42.2 Å². The van der Waals surface area contributed by atoms with Crippen LogP contribution in [0.2, 0.25) is 0 Å². The predicted molar refractivity (Wildman–Crippen MR) is 79.6 cm³/mol. The van der Waals surface area contributed by atoms with Gasteiger partial charge in [-0.1, -0.05) is 0 Å². The molecule has 1 aromatic carbocycles. The van der Waals surface area contributed by atoms with Crippen LogP contribution in [0.25, 0.3) is 0 Å². The largest absolute Gasteiger partial charge is 0.484 e. The van der Waals surface area contributed by atoms with Crippen molar-refractivity contribution < 1.29 is 40.6 Å². The van der Waals surface area contributed by atoms with Crippen molar-refractivity contribution in [3.8, 4) is 5.75 Å². The summed E-state index contributed by atoms with van der Waals surface area (Å²) in [6, 6.07) is 2.19. The molecule has 154 valence electrons. The fourth-order valence-corrected chi connectivity index (χ4v) is 3.19. The van der Waals surface area contributed by atoms with Crippen LogP contribution >= 0.6 is 0 Å². The second-order valence-corrected chi connectivity index (χ2v) is 6.58. The summed E-state index contributed by atoms with van der Waals surface area (Å²) in [6.45, 7) is -2.44. The minimum absolute atomic E-state index is 0.437. The Hall–Kier alpha value is -2.37. The minimum atomic E-state index is -4.85. The highest BCUT2D eigenvalue weighted by molar-refractivity contribution is 5.36. The van der Waals surface area contributed by atoms with Gasteiger partial charge in [0.1, 0.15) is 35.2 Å². The van der Waals surface area contributed by atoms with E-state index in [0.717, 1.165) is 29.5 Å². The van der Waals surface area contributed by atoms with Crippen molar-refractivity contribution in [2.24, 2.45) is 5.41 Å². The van der Waals surface area contributed by atoms with Gasteiger partial charge in [-0.05, 0) is 25.0 Å². The maximum atomic E-state index is 14.6. The van der Waals surface area contributed by atoms with Gasteiger partial charge in [0.25, 0.3) is 0 Å². The number of hydrogen-bond donors (Lipinski definition) is 1. The van der Waals surface area contributed by atoms with Gasteiger partial charge in [0, 0.05) is 11.6 Å². The van der Waals surface area contributed by atoms with E-state index in [2.05, 4.69) is 14.8 Å². The van der Waals surface area contributed by atoms with E-state index in [-0.39, 0.29) is 0 Å². The van der Waals surface area contributed by atoms with E-state index >= 15 is 0 Å². The van der Waals surface area contributed by atoms with Crippen LogP contribution in [-0.4, -0.2) is 38.8 Å². The Kier molecular flexibility index (Phi) is 4.80. The van der Waals surface area contributed by atoms with E-state index in [0.29, 0.717) is 6.07 Å². The third-order valence-corrected chi connectivity index (χ3v) is 4.73. The predicted octanol–water partition coefficient (Wildman–Crippen LogP) is 3.59. The molecule has 0 spiro atoms. The van der Waals surface area contributed by atoms with Crippen molar-refractivity contribution in [3.63, 3.8) is 0 Å². The smallest absolute Gasteiger partial charge is 0.422 e. The molecular weight excluding hydrogens is 399 g/mol. The van der Waals surface area contributed by atoms with Gasteiger partial charge in [-0.2, -0.15) is 31.4 Å². The van der Waals surface area contributed by atoms with Crippen LogP contribution < -0.4 is 4.74 Å². The number of hydrogen-bond acceptors (Lipinski definition) is 4. The first-order valence-electron chi connectivity index (χ1n) is 7.99. The van der Waals surface area contributed by atoms with Gasteiger partial charge in [-0.25, -0.2) is 14.1 Å². The second-order valence-electron chi connectivity index (χ2n) is 6.58. The normalized spacial score (nSPS) is 18.6. The van der Waals surface area contributed by atoms with Crippen LogP contribution in [0.5, 0.6) is 5.75 Å². The molecule has 1 aromatic heterocycles. The molecule has 1 aliphatic carbocycles. The van der Waals surface area contributed by atoms with Crippen molar-refractivity contribution in [1.29, 1.82) is 0 Å². The summed E-state index contributed by atoms with van der Waals surface area (Å²) in [7, 11) is 0. The van der Waals surface area contributed by atoms with E-state index in [4.69, 9.17) is 0 Å². The van der Waals surface area contributed by atoms with Gasteiger partial charge >= 0.3 is 12.4 Å². The lowest BCUT2D eigenvalue weighted by atomic mass is 9.77. The zero-order chi connectivity index (χ0) is 20.8. The number of ether oxygens (including phenoxy) is 1. The van der Waals surface area contributed by atoms with Gasteiger partial charge in [-0.3, -0.25) is 0 Å². The molecule has 3 rings (SSSR count). The molecule has 12 heteroatoms. The number of rotatable bonds is 6. The lowest BCUT2D eigenvalue weighted by molar-refractivity contribution is -0.251. The summed E-state index contributed by atoms with van der Waals surface area (Å²) in [4.78, 5) is 3.59. The number of aromatic nitrogens is 3. The highest BCUT2D eigenvalue weighted by Crippen LogP contribution is 2.67. The summed E-state index contributed by atoms with van der Waals surface area (Å²) in [5.74, 6) is -1.85. The molecule has 0 saturated heterocycles. The molecule has 1 heterocycles. The van der Waals surface area contributed by atoms with Crippen LogP contribution in [0, 0.1) is 11.2 Å². The van der Waals surface area contributed by atoms with Crippen LogP contribution in [0.15, 0.2) is 30.9 Å². The van der Waals surface area contributed by atoms with Crippen LogP contribution in [0.4, 0.5) is 30.7 Å². The van der Waals surface area contributed by atoms with E-state index in [1.165, 1.54) is 0 Å². The molecule has 0 aliphatic heterocycles. The number of nitrogens with zero attached hydrogens (tertiary/aromatic N) is 3. The molecular formula is C16H14F7N3O2. The Balaban J connectivity index is 1.99. The summed E-state index contributed by atoms with van der Waals surface area (Å²) >= 11 is 0. The van der Waals surface area contributed by atoms with E-state index in [9.17, 15) is 35.8 Å². The first-order chi connectivity index (χ1) is 12.9. The SMILES string of the molecule is OC(Cn1cncn1)(c1ccc(OCC(F)(F)F)cc1F)C1(C(F)(F)F)CC1. The Morgan fingerprint density at radius 1 is 1.14 bits per heavy atom. The third-order valence-electron chi connectivity index (χ3n) is 4.73. The molecule has 1 saturated carbocycles. The average molecular weight is 413 g/mol. The maximum Gasteiger partial charge on any atom is 0.422 e. The second kappa shape index (κ2) is 6.61. The lowest BCUT2D eigenvalue weighted by Gasteiger charge is -2.38. The molecule has 1 N–H and O–H groups in total. The number of halogens is 7. The van der Waals surface area contributed by atoms with Gasteiger partial charge in [0.15, 0.2) is 6.61 Å². The topological polar surface area (TPSA) is 60.2 Å². The van der Waals surface area contributed by atoms with E-state index in [1.54, 1.807) is 0 Å². The third kappa shape index (κ3) is 3.64. The Morgan fingerprint density at radius 2 is 1.82 bits per heavy atom. The van der Waals surface area contributed by atoms with Gasteiger partial charge in [0.05, 0.1) is 6.54 Å². The lowest BCUT2D eigenvalue weighted by Crippen LogP contribution is -2.49. The average Bonchev–Trinajstić information content (AvgIpc) is 3.26. The molecule has 0 amide bonds. The van der Waals surface area contributed by atoms with E-state index < -0.39 is 66.5 Å². The number of aliphatic hydroxyl groups is 1. The van der Waals surface area contributed by atoms with Gasteiger partial charge in [0.2, 0.25) is 0 Å². The van der Waals surface area contributed by atoms with Crippen molar-refractivity contribution in [2.45, 2.75) is 37.3 Å². The fourth-order valence-electron chi connectivity index (χ4n) is 3.19. The Labute approximate surface area is 153 Å². The van der Waals surface area contributed by atoms with Crippen LogP contribution in [0.3, 0.4) is 0 Å². The zero-order valence-electron chi connectivity index (χ0n) is 14.1. The van der Waals surface area contributed by atoms with Crippen molar-refractivity contribution >= 4 is 0 Å². The molecule has 1 atom stereocenters. The highest BCUT2D eigenvalue weighted by atomic mass is 19.4. The Morgan fingerprint density at radius 3 is 2.29 bits per heavy atom. The van der Waals surface area contributed by atoms with Crippen LogP contribution in [-0.2, 0) is 12.1 Å². The Bertz CT molecular complexity index is 832. The van der Waals surface area contributed by atoms with E-state index in [1.807, 2.05) is 0 Å². The van der Waals surface area contributed by atoms with Crippen molar-refractivity contribution in [1.82, 2.24) is 14.8 Å². The minimum Gasteiger partial charge on any atom is -0.484 e. The maximum absolute atomic E-state index is 14.6. The molecule has 1 aliphatic rings. The van der Waals surface area contributed by atoms with Crippen LogP contribution in [0.1, 0.15) is 18.4 Å². The first kappa shape index (κ1) is 20.4. The molecule has 28 heavy (non-hydrogen) atoms. The molecule has 2 aromatic rings. The molecule has 1 unspecified atom stereocenters. The summed E-state index contributed by atoms with van der Waals surface area (Å²) < 4.78 is 97.7. The molecule has 5 nitrogen and oxygen atoms in total. The fraction of sp³-hybridized carbons (Fsp3) is 0.500. The monoisotopic (exact) mass is 413 g/mol. The number of alkyl halides is 6.